The summed E-state index contributed by atoms with van der Waals surface area (Å²) >= 11 is 0. The van der Waals surface area contributed by atoms with Gasteiger partial charge in [-0.25, -0.2) is 9.78 Å². The largest absolute Gasteiger partial charge is 0.480 e. The quantitative estimate of drug-likeness (QED) is 0.675. The molecule has 3 rings (SSSR count). The Kier molecular flexibility index (Phi) is 3.27. The summed E-state index contributed by atoms with van der Waals surface area (Å²) in [7, 11) is 0. The lowest BCUT2D eigenvalue weighted by molar-refractivity contribution is -0.384. The molecule has 1 N–H and O–H groups in total. The standard InChI is InChI=1S/C14H17N3O4/c1-8-5-11(17(20)21)13(15-6-8)16-7-9-3-2-4-10(9)12(16)14(18)19/h5-6,9-10,12H,2-4,7H2,1H3,(H,18,19). The van der Waals surface area contributed by atoms with Gasteiger partial charge in [-0.1, -0.05) is 6.42 Å². The van der Waals surface area contributed by atoms with Crippen LogP contribution in [0.25, 0.3) is 0 Å². The molecule has 7 heteroatoms. The molecule has 0 aromatic carbocycles. The minimum absolute atomic E-state index is 0.0743. The van der Waals surface area contributed by atoms with Gasteiger partial charge in [0.25, 0.3) is 0 Å². The SMILES string of the molecule is Cc1cnc(N2CC3CCCC3C2C(=O)O)c([N+](=O)[O-])c1. The zero-order chi connectivity index (χ0) is 15.1. The Balaban J connectivity index is 2.03. The molecule has 1 saturated carbocycles. The molecular weight excluding hydrogens is 274 g/mol. The number of nitro groups is 1. The van der Waals surface area contributed by atoms with Crippen molar-refractivity contribution in [3.63, 3.8) is 0 Å². The van der Waals surface area contributed by atoms with Gasteiger partial charge in [0.05, 0.1) is 4.92 Å². The van der Waals surface area contributed by atoms with E-state index in [1.807, 2.05) is 0 Å². The number of carboxylic acid groups (broad SMARTS) is 1. The molecule has 1 aromatic rings. The number of hydrogen-bond acceptors (Lipinski definition) is 5. The second-order valence-electron chi connectivity index (χ2n) is 5.90. The van der Waals surface area contributed by atoms with Crippen molar-refractivity contribution >= 4 is 17.5 Å². The van der Waals surface area contributed by atoms with E-state index >= 15 is 0 Å². The zero-order valence-electron chi connectivity index (χ0n) is 11.7. The first-order valence-electron chi connectivity index (χ1n) is 7.09. The van der Waals surface area contributed by atoms with E-state index < -0.39 is 16.9 Å². The van der Waals surface area contributed by atoms with E-state index in [1.165, 1.54) is 6.07 Å². The highest BCUT2D eigenvalue weighted by atomic mass is 16.6. The number of carbonyl (C=O) groups is 1. The van der Waals surface area contributed by atoms with Gasteiger partial charge < -0.3 is 10.0 Å². The molecule has 0 radical (unpaired) electrons. The number of nitrogens with zero attached hydrogens (tertiary/aromatic N) is 3. The maximum absolute atomic E-state index is 11.6. The van der Waals surface area contributed by atoms with E-state index in [-0.39, 0.29) is 17.4 Å². The van der Waals surface area contributed by atoms with Gasteiger partial charge in [0.2, 0.25) is 5.82 Å². The minimum atomic E-state index is -0.916. The molecule has 2 heterocycles. The van der Waals surface area contributed by atoms with Gasteiger partial charge in [0.15, 0.2) is 0 Å². The number of anilines is 1. The first-order valence-corrected chi connectivity index (χ1v) is 7.09. The molecule has 3 atom stereocenters. The predicted octanol–water partition coefficient (Wildman–Crippen LogP) is 1.99. The molecule has 112 valence electrons. The second kappa shape index (κ2) is 4.98. The molecule has 21 heavy (non-hydrogen) atoms. The Morgan fingerprint density at radius 1 is 1.52 bits per heavy atom. The molecule has 2 aliphatic rings. The van der Waals surface area contributed by atoms with Crippen LogP contribution in [-0.2, 0) is 4.79 Å². The van der Waals surface area contributed by atoms with Crippen molar-refractivity contribution in [3.05, 3.63) is 27.9 Å². The summed E-state index contributed by atoms with van der Waals surface area (Å²) in [5.41, 5.74) is 0.581. The lowest BCUT2D eigenvalue weighted by atomic mass is 9.94. The third kappa shape index (κ3) is 2.22. The summed E-state index contributed by atoms with van der Waals surface area (Å²) in [4.78, 5) is 28.2. The van der Waals surface area contributed by atoms with Crippen molar-refractivity contribution in [2.24, 2.45) is 11.8 Å². The molecular formula is C14H17N3O4. The van der Waals surface area contributed by atoms with E-state index in [2.05, 4.69) is 4.98 Å². The molecule has 0 bridgehead atoms. The molecule has 0 spiro atoms. The number of aromatic nitrogens is 1. The van der Waals surface area contributed by atoms with Crippen molar-refractivity contribution in [2.45, 2.75) is 32.2 Å². The van der Waals surface area contributed by atoms with E-state index in [9.17, 15) is 20.0 Å². The fourth-order valence-corrected chi connectivity index (χ4v) is 3.74. The fraction of sp³-hybridized carbons (Fsp3) is 0.571. The topological polar surface area (TPSA) is 96.6 Å². The highest BCUT2D eigenvalue weighted by Gasteiger charge is 2.49. The Hall–Kier alpha value is -2.18. The molecule has 0 amide bonds. The van der Waals surface area contributed by atoms with Crippen molar-refractivity contribution in [3.8, 4) is 0 Å². The number of aryl methyl sites for hydroxylation is 1. The second-order valence-corrected chi connectivity index (χ2v) is 5.90. The zero-order valence-corrected chi connectivity index (χ0v) is 11.7. The third-order valence-corrected chi connectivity index (χ3v) is 4.60. The van der Waals surface area contributed by atoms with Gasteiger partial charge in [0.1, 0.15) is 6.04 Å². The van der Waals surface area contributed by atoms with Crippen LogP contribution < -0.4 is 4.90 Å². The fourth-order valence-electron chi connectivity index (χ4n) is 3.74. The molecule has 1 saturated heterocycles. The van der Waals surface area contributed by atoms with Crippen LogP contribution in [-0.4, -0.2) is 33.6 Å². The number of fused-ring (bicyclic) bond motifs is 1. The normalized spacial score (nSPS) is 27.7. The molecule has 1 aliphatic heterocycles. The molecule has 1 aliphatic carbocycles. The van der Waals surface area contributed by atoms with Gasteiger partial charge >= 0.3 is 11.7 Å². The van der Waals surface area contributed by atoms with Crippen LogP contribution >= 0.6 is 0 Å². The maximum Gasteiger partial charge on any atom is 0.326 e. The van der Waals surface area contributed by atoms with Crippen LogP contribution in [0.5, 0.6) is 0 Å². The summed E-state index contributed by atoms with van der Waals surface area (Å²) < 4.78 is 0. The lowest BCUT2D eigenvalue weighted by Gasteiger charge is -2.25. The van der Waals surface area contributed by atoms with Crippen LogP contribution in [0.4, 0.5) is 11.5 Å². The van der Waals surface area contributed by atoms with Gasteiger partial charge in [-0.2, -0.15) is 0 Å². The van der Waals surface area contributed by atoms with Crippen molar-refractivity contribution in [1.29, 1.82) is 0 Å². The maximum atomic E-state index is 11.6. The summed E-state index contributed by atoms with van der Waals surface area (Å²) in [5, 5.41) is 20.8. The average Bonchev–Trinajstić information content (AvgIpc) is 2.97. The van der Waals surface area contributed by atoms with Crippen molar-refractivity contribution in [1.82, 2.24) is 4.98 Å². The van der Waals surface area contributed by atoms with Crippen molar-refractivity contribution < 1.29 is 14.8 Å². The number of rotatable bonds is 3. The summed E-state index contributed by atoms with van der Waals surface area (Å²) in [6.45, 7) is 2.27. The Morgan fingerprint density at radius 2 is 2.29 bits per heavy atom. The lowest BCUT2D eigenvalue weighted by Crippen LogP contribution is -2.40. The summed E-state index contributed by atoms with van der Waals surface area (Å²) in [6.07, 6.45) is 4.45. The monoisotopic (exact) mass is 291 g/mol. The highest BCUT2D eigenvalue weighted by molar-refractivity contribution is 5.80. The Morgan fingerprint density at radius 3 is 2.95 bits per heavy atom. The summed E-state index contributed by atoms with van der Waals surface area (Å²) in [5.74, 6) is -0.354. The van der Waals surface area contributed by atoms with Gasteiger partial charge in [-0.05, 0) is 37.2 Å². The number of aliphatic carboxylic acids is 1. The Labute approximate surface area is 121 Å². The van der Waals surface area contributed by atoms with Gasteiger partial charge in [0, 0.05) is 18.8 Å². The average molecular weight is 291 g/mol. The molecule has 1 aromatic heterocycles. The smallest absolute Gasteiger partial charge is 0.326 e. The van der Waals surface area contributed by atoms with E-state index in [1.54, 1.807) is 18.0 Å². The van der Waals surface area contributed by atoms with Gasteiger partial charge in [-0.3, -0.25) is 10.1 Å². The van der Waals surface area contributed by atoms with E-state index in [4.69, 9.17) is 0 Å². The predicted molar refractivity (Wildman–Crippen MR) is 75.2 cm³/mol. The third-order valence-electron chi connectivity index (χ3n) is 4.60. The number of hydrogen-bond donors (Lipinski definition) is 1. The number of carboxylic acids is 1. The van der Waals surface area contributed by atoms with Crippen molar-refractivity contribution in [2.75, 3.05) is 11.4 Å². The summed E-state index contributed by atoms with van der Waals surface area (Å²) in [6, 6.07) is 0.751. The van der Waals surface area contributed by atoms with E-state index in [0.717, 1.165) is 19.3 Å². The van der Waals surface area contributed by atoms with Crippen LogP contribution in [0.2, 0.25) is 0 Å². The van der Waals surface area contributed by atoms with Crippen LogP contribution in [0.15, 0.2) is 12.3 Å². The first-order chi connectivity index (χ1) is 9.99. The molecule has 3 unspecified atom stereocenters. The van der Waals surface area contributed by atoms with Crippen LogP contribution in [0.1, 0.15) is 24.8 Å². The molecule has 7 nitrogen and oxygen atoms in total. The van der Waals surface area contributed by atoms with Crippen LogP contribution in [0.3, 0.4) is 0 Å². The van der Waals surface area contributed by atoms with E-state index in [0.29, 0.717) is 18.0 Å². The first kappa shape index (κ1) is 13.8. The Bertz CT molecular complexity index is 604. The van der Waals surface area contributed by atoms with Gasteiger partial charge in [-0.15, -0.1) is 0 Å². The molecule has 2 fully saturated rings. The van der Waals surface area contributed by atoms with Crippen LogP contribution in [0, 0.1) is 28.9 Å². The minimum Gasteiger partial charge on any atom is -0.480 e. The number of pyridine rings is 1. The highest BCUT2D eigenvalue weighted by Crippen LogP contribution is 2.45.